The molecule has 1 saturated heterocycles. The molecule has 3 aromatic rings. The summed E-state index contributed by atoms with van der Waals surface area (Å²) in [7, 11) is 0. The van der Waals surface area contributed by atoms with E-state index >= 15 is 0 Å². The maximum absolute atomic E-state index is 12.5. The second kappa shape index (κ2) is 7.94. The highest BCUT2D eigenvalue weighted by atomic mass is 79.9. The van der Waals surface area contributed by atoms with Gasteiger partial charge in [-0.3, -0.25) is 4.79 Å². The van der Waals surface area contributed by atoms with E-state index in [1.54, 1.807) is 6.07 Å². The minimum atomic E-state index is -0.262. The zero-order chi connectivity index (χ0) is 18.6. The molecule has 0 aliphatic carbocycles. The van der Waals surface area contributed by atoms with Gasteiger partial charge in [0.25, 0.3) is 5.91 Å². The smallest absolute Gasteiger partial charge is 0.271 e. The lowest BCUT2D eigenvalue weighted by molar-refractivity contribution is 0.0956. The van der Waals surface area contributed by atoms with Gasteiger partial charge in [0.2, 0.25) is 5.88 Å². The van der Waals surface area contributed by atoms with Crippen LogP contribution in [0.15, 0.2) is 62.5 Å². The molecule has 1 aliphatic rings. The molecule has 0 unspecified atom stereocenters. The zero-order valence-electron chi connectivity index (χ0n) is 14.5. The van der Waals surface area contributed by atoms with Gasteiger partial charge in [0.05, 0.1) is 23.9 Å². The molecular weight excluding hydrogens is 410 g/mol. The number of furan rings is 1. The number of hydrogen-bond acceptors (Lipinski definition) is 5. The van der Waals surface area contributed by atoms with Crippen molar-refractivity contribution in [1.29, 1.82) is 0 Å². The molecule has 1 amide bonds. The third-order valence-corrected chi connectivity index (χ3v) is 4.95. The monoisotopic (exact) mass is 427 g/mol. The Kier molecular flexibility index (Phi) is 5.22. The van der Waals surface area contributed by atoms with E-state index in [0.717, 1.165) is 34.2 Å². The molecule has 27 heavy (non-hydrogen) atoms. The van der Waals surface area contributed by atoms with Gasteiger partial charge in [-0.25, -0.2) is 5.43 Å². The fourth-order valence-corrected chi connectivity index (χ4v) is 3.62. The third kappa shape index (κ3) is 3.89. The maximum Gasteiger partial charge on any atom is 0.271 e. The van der Waals surface area contributed by atoms with Crippen LogP contribution in [0.4, 0.5) is 5.88 Å². The average Bonchev–Trinajstić information content (AvgIpc) is 3.08. The Labute approximate surface area is 164 Å². The fraction of sp³-hybridized carbons (Fsp3) is 0.200. The minimum absolute atomic E-state index is 0.262. The van der Waals surface area contributed by atoms with Gasteiger partial charge in [-0.1, -0.05) is 36.4 Å². The SMILES string of the molecule is O=C(N/N=C\c1cc(Br)c(N2CCOCC2)o1)c1cccc2ccccc12. The normalized spacial score (nSPS) is 14.8. The Hall–Kier alpha value is -2.64. The Bertz CT molecular complexity index is 988. The summed E-state index contributed by atoms with van der Waals surface area (Å²) in [4.78, 5) is 14.6. The number of hydrogen-bond donors (Lipinski definition) is 1. The summed E-state index contributed by atoms with van der Waals surface area (Å²) in [5.41, 5.74) is 3.15. The molecule has 7 heteroatoms. The van der Waals surface area contributed by atoms with E-state index in [0.29, 0.717) is 24.5 Å². The van der Waals surface area contributed by atoms with Crippen molar-refractivity contribution in [2.45, 2.75) is 0 Å². The van der Waals surface area contributed by atoms with Gasteiger partial charge in [-0.2, -0.15) is 5.10 Å². The van der Waals surface area contributed by atoms with Crippen LogP contribution in [0.25, 0.3) is 10.8 Å². The molecule has 0 radical (unpaired) electrons. The first kappa shape index (κ1) is 17.8. The number of ether oxygens (including phenoxy) is 1. The van der Waals surface area contributed by atoms with Crippen molar-refractivity contribution in [3.05, 3.63) is 64.3 Å². The van der Waals surface area contributed by atoms with Crippen molar-refractivity contribution in [1.82, 2.24) is 5.43 Å². The maximum atomic E-state index is 12.5. The zero-order valence-corrected chi connectivity index (χ0v) is 16.1. The number of morpholine rings is 1. The Morgan fingerprint density at radius 1 is 1.15 bits per heavy atom. The first-order valence-electron chi connectivity index (χ1n) is 8.65. The van der Waals surface area contributed by atoms with Gasteiger partial charge in [-0.15, -0.1) is 0 Å². The summed E-state index contributed by atoms with van der Waals surface area (Å²) in [5.74, 6) is 1.05. The molecule has 1 fully saturated rings. The van der Waals surface area contributed by atoms with E-state index in [4.69, 9.17) is 9.15 Å². The van der Waals surface area contributed by atoms with Crippen molar-refractivity contribution in [2.24, 2.45) is 5.10 Å². The lowest BCUT2D eigenvalue weighted by Crippen LogP contribution is -2.36. The van der Waals surface area contributed by atoms with Crippen molar-refractivity contribution in [2.75, 3.05) is 31.2 Å². The van der Waals surface area contributed by atoms with Gasteiger partial charge in [-0.05, 0) is 32.8 Å². The summed E-state index contributed by atoms with van der Waals surface area (Å²) in [5, 5.41) is 5.95. The summed E-state index contributed by atoms with van der Waals surface area (Å²) in [6.45, 7) is 2.91. The standard InChI is InChI=1S/C20H18BrN3O3/c21-18-12-15(27-20(18)24-8-10-26-11-9-24)13-22-23-19(25)17-7-3-5-14-4-1-2-6-16(14)17/h1-7,12-13H,8-11H2,(H,23,25)/b22-13-. The van der Waals surface area contributed by atoms with Crippen LogP contribution < -0.4 is 10.3 Å². The van der Waals surface area contributed by atoms with Gasteiger partial charge in [0.15, 0.2) is 5.76 Å². The Balaban J connectivity index is 1.47. The molecule has 1 aromatic heterocycles. The molecule has 138 valence electrons. The van der Waals surface area contributed by atoms with E-state index < -0.39 is 0 Å². The number of rotatable bonds is 4. The van der Waals surface area contributed by atoms with Crippen LogP contribution in [0.2, 0.25) is 0 Å². The largest absolute Gasteiger partial charge is 0.438 e. The lowest BCUT2D eigenvalue weighted by atomic mass is 10.0. The first-order valence-corrected chi connectivity index (χ1v) is 9.45. The first-order chi connectivity index (χ1) is 13.2. The van der Waals surface area contributed by atoms with Crippen LogP contribution in [-0.2, 0) is 4.74 Å². The van der Waals surface area contributed by atoms with Crippen molar-refractivity contribution < 1.29 is 13.9 Å². The quantitative estimate of drug-likeness (QED) is 0.507. The van der Waals surface area contributed by atoms with E-state index in [1.165, 1.54) is 6.21 Å². The van der Waals surface area contributed by atoms with Crippen molar-refractivity contribution in [3.8, 4) is 0 Å². The van der Waals surface area contributed by atoms with E-state index in [2.05, 4.69) is 31.4 Å². The number of nitrogens with zero attached hydrogens (tertiary/aromatic N) is 2. The molecule has 0 saturated carbocycles. The summed E-state index contributed by atoms with van der Waals surface area (Å²) in [6.07, 6.45) is 1.50. The van der Waals surface area contributed by atoms with E-state index in [-0.39, 0.29) is 5.91 Å². The highest BCUT2D eigenvalue weighted by Gasteiger charge is 2.18. The van der Waals surface area contributed by atoms with Crippen LogP contribution in [-0.4, -0.2) is 38.4 Å². The molecule has 6 nitrogen and oxygen atoms in total. The van der Waals surface area contributed by atoms with Crippen LogP contribution in [0.5, 0.6) is 0 Å². The molecule has 1 N–H and O–H groups in total. The number of carbonyl (C=O) groups is 1. The molecule has 0 atom stereocenters. The highest BCUT2D eigenvalue weighted by Crippen LogP contribution is 2.30. The highest BCUT2D eigenvalue weighted by molar-refractivity contribution is 9.10. The van der Waals surface area contributed by atoms with Crippen LogP contribution in [0, 0.1) is 0 Å². The number of nitrogens with one attached hydrogen (secondary N) is 1. The Morgan fingerprint density at radius 2 is 1.93 bits per heavy atom. The van der Waals surface area contributed by atoms with E-state index in [1.807, 2.05) is 42.5 Å². The summed E-state index contributed by atoms with van der Waals surface area (Å²) in [6, 6.07) is 15.2. The average molecular weight is 428 g/mol. The predicted molar refractivity (Wildman–Crippen MR) is 108 cm³/mol. The van der Waals surface area contributed by atoms with Gasteiger partial charge in [0.1, 0.15) is 0 Å². The van der Waals surface area contributed by atoms with E-state index in [9.17, 15) is 4.79 Å². The van der Waals surface area contributed by atoms with Gasteiger partial charge >= 0.3 is 0 Å². The number of anilines is 1. The second-order valence-electron chi connectivity index (χ2n) is 6.13. The number of carbonyl (C=O) groups excluding carboxylic acids is 1. The minimum Gasteiger partial charge on any atom is -0.438 e. The number of benzene rings is 2. The molecule has 2 aromatic carbocycles. The second-order valence-corrected chi connectivity index (χ2v) is 6.98. The van der Waals surface area contributed by atoms with Crippen LogP contribution in [0.3, 0.4) is 0 Å². The summed E-state index contributed by atoms with van der Waals surface area (Å²) >= 11 is 3.51. The number of hydrazone groups is 1. The Morgan fingerprint density at radius 3 is 2.78 bits per heavy atom. The number of amides is 1. The predicted octanol–water partition coefficient (Wildman–Crippen LogP) is 3.80. The van der Waals surface area contributed by atoms with Gasteiger partial charge in [0, 0.05) is 24.7 Å². The topological polar surface area (TPSA) is 67.1 Å². The van der Waals surface area contributed by atoms with Crippen molar-refractivity contribution >= 4 is 44.7 Å². The number of fused-ring (bicyclic) bond motifs is 1. The third-order valence-electron chi connectivity index (χ3n) is 4.38. The molecule has 2 heterocycles. The molecule has 0 spiro atoms. The van der Waals surface area contributed by atoms with Gasteiger partial charge < -0.3 is 14.1 Å². The molecular formula is C20H18BrN3O3. The van der Waals surface area contributed by atoms with Crippen LogP contribution in [0.1, 0.15) is 16.1 Å². The van der Waals surface area contributed by atoms with Crippen molar-refractivity contribution in [3.63, 3.8) is 0 Å². The van der Waals surface area contributed by atoms with Crippen LogP contribution >= 0.6 is 15.9 Å². The fourth-order valence-electron chi connectivity index (χ4n) is 3.06. The molecule has 4 rings (SSSR count). The molecule has 1 aliphatic heterocycles. The number of halogens is 1. The summed E-state index contributed by atoms with van der Waals surface area (Å²) < 4.78 is 12.0. The lowest BCUT2D eigenvalue weighted by Gasteiger charge is -2.26. The molecule has 0 bridgehead atoms.